The average Bonchev–Trinajstić information content (AvgIpc) is 3.00. The Balaban J connectivity index is 2.29. The highest BCUT2D eigenvalue weighted by molar-refractivity contribution is 7.70. The van der Waals surface area contributed by atoms with Gasteiger partial charge in [-0.1, -0.05) is 0 Å². The lowest BCUT2D eigenvalue weighted by atomic mass is 10.1. The second-order valence-corrected chi connectivity index (χ2v) is 9.69. The Kier molecular flexibility index (Phi) is 5.20. The number of fused-ring (bicyclic) bond motifs is 1. The van der Waals surface area contributed by atoms with Crippen LogP contribution in [0.1, 0.15) is 5.56 Å². The molecule has 2 heterocycles. The van der Waals surface area contributed by atoms with Crippen molar-refractivity contribution >= 4 is 29.3 Å². The zero-order valence-electron chi connectivity index (χ0n) is 14.9. The van der Waals surface area contributed by atoms with E-state index in [9.17, 15) is 22.1 Å². The highest BCUT2D eigenvalue weighted by Crippen LogP contribution is 2.42. The van der Waals surface area contributed by atoms with Gasteiger partial charge in [0.1, 0.15) is 18.5 Å². The Morgan fingerprint density at radius 3 is 2.61 bits per heavy atom. The van der Waals surface area contributed by atoms with Crippen LogP contribution in [0.5, 0.6) is 0 Å². The van der Waals surface area contributed by atoms with Gasteiger partial charge in [0.15, 0.2) is 0 Å². The van der Waals surface area contributed by atoms with Gasteiger partial charge in [0.2, 0.25) is 5.95 Å². The Morgan fingerprint density at radius 1 is 1.29 bits per heavy atom. The van der Waals surface area contributed by atoms with Gasteiger partial charge in [-0.3, -0.25) is 0 Å². The van der Waals surface area contributed by atoms with Crippen LogP contribution in [0.3, 0.4) is 0 Å². The molecule has 0 unspecified atom stereocenters. The molecule has 2 aromatic heterocycles. The van der Waals surface area contributed by atoms with Crippen LogP contribution < -0.4 is 10.6 Å². The minimum absolute atomic E-state index is 0.00553. The number of nitrogens with zero attached hydrogens (tertiary/aromatic N) is 2. The van der Waals surface area contributed by atoms with Crippen molar-refractivity contribution in [1.82, 2.24) is 15.0 Å². The SMILES string of the molecule is CP(C)(=O)c1cc(F)cc2c(-c3nc(NCCO)ncc3C(F)(F)F)c[nH]c12. The number of rotatable bonds is 5. The van der Waals surface area contributed by atoms with Crippen LogP contribution >= 0.6 is 7.14 Å². The number of aromatic amines is 1. The van der Waals surface area contributed by atoms with Crippen molar-refractivity contribution in [2.24, 2.45) is 0 Å². The summed E-state index contributed by atoms with van der Waals surface area (Å²) in [7, 11) is -2.90. The normalized spacial score (nSPS) is 12.5. The molecule has 0 atom stereocenters. The molecule has 0 radical (unpaired) electrons. The number of aliphatic hydroxyl groups is 1. The van der Waals surface area contributed by atoms with E-state index in [1.807, 2.05) is 0 Å². The van der Waals surface area contributed by atoms with E-state index >= 15 is 0 Å². The lowest BCUT2D eigenvalue weighted by molar-refractivity contribution is -0.137. The van der Waals surface area contributed by atoms with Gasteiger partial charge in [0.05, 0.1) is 17.8 Å². The van der Waals surface area contributed by atoms with Crippen molar-refractivity contribution in [2.75, 3.05) is 31.8 Å². The Bertz CT molecular complexity index is 1070. The first-order valence-electron chi connectivity index (χ1n) is 8.18. The Labute approximate surface area is 157 Å². The first-order valence-corrected chi connectivity index (χ1v) is 10.8. The van der Waals surface area contributed by atoms with Gasteiger partial charge in [-0.2, -0.15) is 13.2 Å². The summed E-state index contributed by atoms with van der Waals surface area (Å²) in [5.74, 6) is -0.826. The molecule has 3 N–H and O–H groups in total. The Morgan fingerprint density at radius 2 is 2.00 bits per heavy atom. The predicted molar refractivity (Wildman–Crippen MR) is 98.9 cm³/mol. The molecule has 150 valence electrons. The molecule has 0 aliphatic rings. The standard InChI is InChI=1S/C17H17F4N4O2P/c1-28(2,27)13-6-9(18)5-10-11(7-23-15(10)13)14-12(17(19,20)21)8-24-16(25-14)22-3-4-26/h5-8,23,26H,3-4H2,1-2H3,(H,22,24,25). The van der Waals surface area contributed by atoms with Gasteiger partial charge in [-0.15, -0.1) is 0 Å². The molecular formula is C17H17F4N4O2P. The number of benzene rings is 1. The molecule has 1 aromatic carbocycles. The van der Waals surface area contributed by atoms with Crippen LogP contribution in [0.2, 0.25) is 0 Å². The molecule has 0 bridgehead atoms. The van der Waals surface area contributed by atoms with E-state index in [0.717, 1.165) is 12.1 Å². The summed E-state index contributed by atoms with van der Waals surface area (Å²) in [5.41, 5.74) is -1.25. The first-order chi connectivity index (χ1) is 13.0. The van der Waals surface area contributed by atoms with Crippen LogP contribution in [-0.2, 0) is 10.7 Å². The third-order valence-corrected chi connectivity index (χ3v) is 5.57. The fraction of sp³-hybridized carbons (Fsp3) is 0.294. The van der Waals surface area contributed by atoms with Crippen LogP contribution in [0.25, 0.3) is 22.2 Å². The predicted octanol–water partition coefficient (Wildman–Crippen LogP) is 3.44. The van der Waals surface area contributed by atoms with Crippen LogP contribution in [-0.4, -0.2) is 46.5 Å². The summed E-state index contributed by atoms with van der Waals surface area (Å²) in [6, 6.07) is 2.19. The maximum absolute atomic E-state index is 14.2. The number of alkyl halides is 3. The van der Waals surface area contributed by atoms with E-state index in [1.165, 1.54) is 19.5 Å². The monoisotopic (exact) mass is 416 g/mol. The van der Waals surface area contributed by atoms with E-state index < -0.39 is 30.4 Å². The number of aliphatic hydroxyl groups excluding tert-OH is 1. The number of nitrogens with one attached hydrogen (secondary N) is 2. The largest absolute Gasteiger partial charge is 0.419 e. The first kappa shape index (κ1) is 20.3. The third-order valence-electron chi connectivity index (χ3n) is 4.06. The summed E-state index contributed by atoms with van der Waals surface area (Å²) < 4.78 is 67.2. The number of anilines is 1. The number of aromatic nitrogens is 3. The molecule has 0 saturated heterocycles. The molecule has 0 aliphatic carbocycles. The zero-order valence-corrected chi connectivity index (χ0v) is 15.8. The van der Waals surface area contributed by atoms with E-state index in [4.69, 9.17) is 5.11 Å². The highest BCUT2D eigenvalue weighted by Gasteiger charge is 2.36. The van der Waals surface area contributed by atoms with Crippen molar-refractivity contribution in [3.8, 4) is 11.3 Å². The summed E-state index contributed by atoms with van der Waals surface area (Å²) in [6.07, 6.45) is -2.84. The summed E-state index contributed by atoms with van der Waals surface area (Å²) in [4.78, 5) is 10.4. The van der Waals surface area contributed by atoms with Gasteiger partial charge < -0.3 is 20.0 Å². The molecule has 0 fully saturated rings. The second-order valence-electron chi connectivity index (χ2n) is 6.50. The molecule has 11 heteroatoms. The number of hydrogen-bond donors (Lipinski definition) is 3. The fourth-order valence-electron chi connectivity index (χ4n) is 2.85. The number of hydrogen-bond acceptors (Lipinski definition) is 5. The zero-order chi connectivity index (χ0) is 20.7. The molecule has 0 spiro atoms. The van der Waals surface area contributed by atoms with Gasteiger partial charge >= 0.3 is 6.18 Å². The quantitative estimate of drug-likeness (QED) is 0.438. The van der Waals surface area contributed by atoms with Crippen LogP contribution in [0.15, 0.2) is 24.5 Å². The highest BCUT2D eigenvalue weighted by atomic mass is 31.2. The topological polar surface area (TPSA) is 90.9 Å². The molecule has 3 rings (SSSR count). The van der Waals surface area contributed by atoms with Crippen molar-refractivity contribution in [2.45, 2.75) is 6.18 Å². The minimum Gasteiger partial charge on any atom is -0.395 e. The number of halogens is 4. The van der Waals surface area contributed by atoms with Gasteiger partial charge in [-0.25, -0.2) is 14.4 Å². The van der Waals surface area contributed by atoms with Crippen molar-refractivity contribution in [3.63, 3.8) is 0 Å². The minimum atomic E-state index is -4.74. The van der Waals surface area contributed by atoms with Crippen molar-refractivity contribution in [1.29, 1.82) is 0 Å². The Hall–Kier alpha value is -2.45. The average molecular weight is 416 g/mol. The third kappa shape index (κ3) is 3.88. The molecule has 28 heavy (non-hydrogen) atoms. The van der Waals surface area contributed by atoms with E-state index in [1.54, 1.807) is 0 Å². The lowest BCUT2D eigenvalue weighted by Gasteiger charge is -2.13. The summed E-state index contributed by atoms with van der Waals surface area (Å²) >= 11 is 0. The maximum Gasteiger partial charge on any atom is 0.419 e. The van der Waals surface area contributed by atoms with Crippen LogP contribution in [0.4, 0.5) is 23.5 Å². The van der Waals surface area contributed by atoms with Crippen molar-refractivity contribution < 1.29 is 27.2 Å². The summed E-state index contributed by atoms with van der Waals surface area (Å²) in [6.45, 7) is 2.69. The fourth-order valence-corrected chi connectivity index (χ4v) is 4.00. The lowest BCUT2D eigenvalue weighted by Crippen LogP contribution is -2.13. The molecule has 3 aromatic rings. The van der Waals surface area contributed by atoms with Gasteiger partial charge in [0, 0.05) is 35.2 Å². The molecular weight excluding hydrogens is 399 g/mol. The van der Waals surface area contributed by atoms with E-state index in [0.29, 0.717) is 11.7 Å². The van der Waals surface area contributed by atoms with Gasteiger partial charge in [-0.05, 0) is 25.5 Å². The van der Waals surface area contributed by atoms with E-state index in [2.05, 4.69) is 20.3 Å². The molecule has 0 amide bonds. The molecule has 6 nitrogen and oxygen atoms in total. The molecule has 0 aliphatic heterocycles. The van der Waals surface area contributed by atoms with Crippen molar-refractivity contribution in [3.05, 3.63) is 35.9 Å². The maximum atomic E-state index is 14.2. The second kappa shape index (κ2) is 7.18. The summed E-state index contributed by atoms with van der Waals surface area (Å²) in [5, 5.41) is 11.8. The number of H-pyrrole nitrogens is 1. The molecule has 0 saturated carbocycles. The smallest absolute Gasteiger partial charge is 0.395 e. The van der Waals surface area contributed by atoms with Crippen LogP contribution in [0, 0.1) is 5.82 Å². The van der Waals surface area contributed by atoms with Gasteiger partial charge in [0.25, 0.3) is 0 Å². The van der Waals surface area contributed by atoms with E-state index in [-0.39, 0.29) is 35.4 Å².